The number of benzene rings is 1. The summed E-state index contributed by atoms with van der Waals surface area (Å²) in [5, 5.41) is 11.8. The van der Waals surface area contributed by atoms with Crippen LogP contribution in [0.1, 0.15) is 18.6 Å². The zero-order chi connectivity index (χ0) is 8.97. The Morgan fingerprint density at radius 1 is 1.50 bits per heavy atom. The molecule has 3 heteroatoms. The highest BCUT2D eigenvalue weighted by Gasteiger charge is 2.04. The van der Waals surface area contributed by atoms with Gasteiger partial charge in [0, 0.05) is 11.3 Å². The smallest absolute Gasteiger partial charge is 0.211 e. The number of nitrogens with one attached hydrogen (secondary N) is 1. The van der Waals surface area contributed by atoms with E-state index >= 15 is 0 Å². The molecule has 1 amide bonds. The van der Waals surface area contributed by atoms with Gasteiger partial charge in [0.1, 0.15) is 0 Å². The van der Waals surface area contributed by atoms with Gasteiger partial charge in [0.25, 0.3) is 0 Å². The number of aliphatic hydroxyl groups excluding tert-OH is 1. The Morgan fingerprint density at radius 3 is 2.75 bits per heavy atom. The van der Waals surface area contributed by atoms with Crippen LogP contribution in [0.3, 0.4) is 0 Å². The largest absolute Gasteiger partial charge is 0.389 e. The lowest BCUT2D eigenvalue weighted by Crippen LogP contribution is -2.00. The van der Waals surface area contributed by atoms with E-state index in [1.54, 1.807) is 25.1 Å². The molecule has 0 aliphatic rings. The molecule has 2 N–H and O–H groups in total. The highest BCUT2D eigenvalue weighted by atomic mass is 16.3. The number of carbonyl (C=O) groups is 1. The number of amides is 1. The van der Waals surface area contributed by atoms with E-state index in [0.29, 0.717) is 12.1 Å². The van der Waals surface area contributed by atoms with E-state index in [1.165, 1.54) is 0 Å². The van der Waals surface area contributed by atoms with E-state index in [9.17, 15) is 9.90 Å². The van der Waals surface area contributed by atoms with Crippen LogP contribution in [-0.2, 0) is 4.79 Å². The van der Waals surface area contributed by atoms with Gasteiger partial charge in [-0.1, -0.05) is 18.2 Å². The maximum atomic E-state index is 10.2. The minimum atomic E-state index is -0.561. The molecule has 12 heavy (non-hydrogen) atoms. The van der Waals surface area contributed by atoms with Crippen LogP contribution in [0.25, 0.3) is 0 Å². The van der Waals surface area contributed by atoms with Crippen molar-refractivity contribution in [3.63, 3.8) is 0 Å². The number of hydrogen-bond donors (Lipinski definition) is 2. The zero-order valence-corrected chi connectivity index (χ0v) is 6.82. The van der Waals surface area contributed by atoms with Gasteiger partial charge in [-0.15, -0.1) is 0 Å². The van der Waals surface area contributed by atoms with E-state index in [0.717, 1.165) is 5.56 Å². The molecule has 0 aromatic heterocycles. The molecule has 0 heterocycles. The van der Waals surface area contributed by atoms with Crippen molar-refractivity contribution in [2.45, 2.75) is 13.0 Å². The fourth-order valence-corrected chi connectivity index (χ4v) is 1.06. The molecule has 1 atom stereocenters. The molecule has 3 nitrogen and oxygen atoms in total. The van der Waals surface area contributed by atoms with Crippen LogP contribution in [0.15, 0.2) is 24.3 Å². The third-order valence-electron chi connectivity index (χ3n) is 1.63. The fraction of sp³-hybridized carbons (Fsp3) is 0.222. The Labute approximate surface area is 71.0 Å². The Balaban J connectivity index is 2.99. The molecule has 1 aromatic carbocycles. The van der Waals surface area contributed by atoms with Crippen LogP contribution < -0.4 is 5.32 Å². The maximum Gasteiger partial charge on any atom is 0.211 e. The molecule has 0 saturated carbocycles. The molecule has 1 rings (SSSR count). The van der Waals surface area contributed by atoms with Crippen LogP contribution in [0, 0.1) is 0 Å². The molecular weight excluding hydrogens is 154 g/mol. The zero-order valence-electron chi connectivity index (χ0n) is 6.82. The quantitative estimate of drug-likeness (QED) is 0.663. The third-order valence-corrected chi connectivity index (χ3v) is 1.63. The molecule has 1 aromatic rings. The van der Waals surface area contributed by atoms with Crippen molar-refractivity contribution in [2.24, 2.45) is 0 Å². The summed E-state index contributed by atoms with van der Waals surface area (Å²) < 4.78 is 0. The van der Waals surface area contributed by atoms with Crippen LogP contribution in [0.4, 0.5) is 5.69 Å². The fourth-order valence-electron chi connectivity index (χ4n) is 1.06. The van der Waals surface area contributed by atoms with Gasteiger partial charge in [-0.05, 0) is 13.0 Å². The summed E-state index contributed by atoms with van der Waals surface area (Å²) in [5.74, 6) is 0. The maximum absolute atomic E-state index is 10.2. The summed E-state index contributed by atoms with van der Waals surface area (Å²) in [7, 11) is 0. The number of para-hydroxylation sites is 1. The number of carbonyl (C=O) groups excluding carboxylic acids is 1. The second-order valence-corrected chi connectivity index (χ2v) is 2.53. The van der Waals surface area contributed by atoms with Crippen LogP contribution in [0.2, 0.25) is 0 Å². The van der Waals surface area contributed by atoms with Crippen molar-refractivity contribution in [2.75, 3.05) is 5.32 Å². The third kappa shape index (κ3) is 1.83. The van der Waals surface area contributed by atoms with Gasteiger partial charge in [0.05, 0.1) is 6.10 Å². The second-order valence-electron chi connectivity index (χ2n) is 2.53. The lowest BCUT2D eigenvalue weighted by atomic mass is 10.1. The van der Waals surface area contributed by atoms with Gasteiger partial charge in [0.15, 0.2) is 0 Å². The second kappa shape index (κ2) is 3.88. The molecule has 0 aliphatic heterocycles. The highest BCUT2D eigenvalue weighted by molar-refractivity contribution is 5.73. The summed E-state index contributed by atoms with van der Waals surface area (Å²) >= 11 is 0. The molecule has 0 radical (unpaired) electrons. The van der Waals surface area contributed by atoms with Crippen LogP contribution in [0.5, 0.6) is 0 Å². The monoisotopic (exact) mass is 165 g/mol. The van der Waals surface area contributed by atoms with Gasteiger partial charge in [-0.25, -0.2) is 0 Å². The van der Waals surface area contributed by atoms with E-state index in [2.05, 4.69) is 5.32 Å². The molecule has 0 spiro atoms. The van der Waals surface area contributed by atoms with E-state index in [1.807, 2.05) is 6.07 Å². The summed E-state index contributed by atoms with van der Waals surface area (Å²) in [5.41, 5.74) is 1.38. The van der Waals surface area contributed by atoms with Crippen molar-refractivity contribution < 1.29 is 9.90 Å². The number of aliphatic hydroxyl groups is 1. The van der Waals surface area contributed by atoms with Gasteiger partial charge >= 0.3 is 0 Å². The minimum Gasteiger partial charge on any atom is -0.389 e. The topological polar surface area (TPSA) is 49.3 Å². The first-order chi connectivity index (χ1) is 5.75. The average molecular weight is 165 g/mol. The van der Waals surface area contributed by atoms with Crippen LogP contribution >= 0.6 is 0 Å². The van der Waals surface area contributed by atoms with Crippen LogP contribution in [-0.4, -0.2) is 11.5 Å². The normalized spacial score (nSPS) is 12.2. The number of anilines is 1. The summed E-state index contributed by atoms with van der Waals surface area (Å²) in [4.78, 5) is 10.2. The predicted octanol–water partition coefficient (Wildman–Crippen LogP) is 1.31. The van der Waals surface area contributed by atoms with Gasteiger partial charge < -0.3 is 10.4 Å². The lowest BCUT2D eigenvalue weighted by Gasteiger charge is -2.09. The number of hydrogen-bond acceptors (Lipinski definition) is 2. The minimum absolute atomic E-state index is 0.561. The SMILES string of the molecule is CC(O)c1ccccc1NC=O. The first-order valence-electron chi connectivity index (χ1n) is 3.73. The predicted molar refractivity (Wildman–Crippen MR) is 46.8 cm³/mol. The Bertz CT molecular complexity index is 271. The van der Waals surface area contributed by atoms with E-state index in [-0.39, 0.29) is 0 Å². The molecule has 0 bridgehead atoms. The lowest BCUT2D eigenvalue weighted by molar-refractivity contribution is -0.105. The molecule has 0 aliphatic carbocycles. The van der Waals surface area contributed by atoms with Crippen molar-refractivity contribution in [3.8, 4) is 0 Å². The average Bonchev–Trinajstić information content (AvgIpc) is 2.05. The standard InChI is InChI=1S/C9H11NO2/c1-7(12)8-4-2-3-5-9(8)10-6-11/h2-7,12H,1H3,(H,10,11). The van der Waals surface area contributed by atoms with Gasteiger partial charge in [-0.3, -0.25) is 4.79 Å². The molecule has 0 saturated heterocycles. The first kappa shape index (κ1) is 8.74. The summed E-state index contributed by atoms with van der Waals surface area (Å²) in [6.07, 6.45) is 0.0370. The Kier molecular flexibility index (Phi) is 2.82. The van der Waals surface area contributed by atoms with E-state index < -0.39 is 6.10 Å². The van der Waals surface area contributed by atoms with Gasteiger partial charge in [0.2, 0.25) is 6.41 Å². The van der Waals surface area contributed by atoms with Crippen molar-refractivity contribution in [3.05, 3.63) is 29.8 Å². The summed E-state index contributed by atoms with van der Waals surface area (Å²) in [6.45, 7) is 1.66. The number of rotatable bonds is 3. The first-order valence-corrected chi connectivity index (χ1v) is 3.73. The van der Waals surface area contributed by atoms with Crippen molar-refractivity contribution in [1.29, 1.82) is 0 Å². The van der Waals surface area contributed by atoms with Gasteiger partial charge in [-0.2, -0.15) is 0 Å². The molecule has 1 unspecified atom stereocenters. The molecule has 64 valence electrons. The molecular formula is C9H11NO2. The Morgan fingerprint density at radius 2 is 2.17 bits per heavy atom. The highest BCUT2D eigenvalue weighted by Crippen LogP contribution is 2.21. The Hall–Kier alpha value is -1.35. The molecule has 0 fully saturated rings. The van der Waals surface area contributed by atoms with E-state index in [4.69, 9.17) is 0 Å². The van der Waals surface area contributed by atoms with Crippen molar-refractivity contribution >= 4 is 12.1 Å². The van der Waals surface area contributed by atoms with Crippen molar-refractivity contribution in [1.82, 2.24) is 0 Å². The summed E-state index contributed by atoms with van der Waals surface area (Å²) in [6, 6.07) is 7.14.